The smallest absolute Gasteiger partial charge is 0.329 e. The minimum Gasteiger partial charge on any atom is -0.459 e. The van der Waals surface area contributed by atoms with Gasteiger partial charge in [-0.05, 0) is 60.4 Å². The molecule has 15 heteroatoms. The van der Waals surface area contributed by atoms with Gasteiger partial charge in [-0.3, -0.25) is 19.4 Å². The lowest BCUT2D eigenvalue weighted by molar-refractivity contribution is -0.155. The third kappa shape index (κ3) is 5.49. The minimum absolute atomic E-state index is 0.0699. The Morgan fingerprint density at radius 3 is 2.67 bits per heavy atom. The number of fused-ring (bicyclic) bond motifs is 1. The third-order valence-corrected chi connectivity index (χ3v) is 7.37. The lowest BCUT2D eigenvalue weighted by Crippen LogP contribution is -2.47. The van der Waals surface area contributed by atoms with Crippen LogP contribution in [0.4, 0.5) is 8.78 Å². The molecule has 1 aromatic carbocycles. The Labute approximate surface area is 242 Å². The van der Waals surface area contributed by atoms with Crippen LogP contribution in [0.1, 0.15) is 54.7 Å². The number of pyridine rings is 1. The molecule has 0 spiro atoms. The molecule has 2 aliphatic rings. The zero-order valence-corrected chi connectivity index (χ0v) is 23.0. The maximum Gasteiger partial charge on any atom is 0.329 e. The van der Waals surface area contributed by atoms with Gasteiger partial charge in [0.05, 0.1) is 16.3 Å². The molecule has 2 unspecified atom stereocenters. The summed E-state index contributed by atoms with van der Waals surface area (Å²) in [6.45, 7) is 1.97. The number of benzene rings is 1. The van der Waals surface area contributed by atoms with Gasteiger partial charge < -0.3 is 14.4 Å². The quantitative estimate of drug-likeness (QED) is 0.279. The molecule has 12 nitrogen and oxygen atoms in total. The lowest BCUT2D eigenvalue weighted by atomic mass is 9.92. The molecule has 1 fully saturated rings. The molecule has 2 aromatic heterocycles. The molecule has 218 valence electrons. The van der Waals surface area contributed by atoms with Gasteiger partial charge in [-0.1, -0.05) is 11.6 Å². The number of Topliss-reactive ketones (excluding diaryl/α,β-unsaturated/α-hetero) is 1. The van der Waals surface area contributed by atoms with Gasteiger partial charge in [0.1, 0.15) is 24.7 Å². The minimum atomic E-state index is -1.39. The molecule has 3 aromatic rings. The monoisotopic (exact) mass is 600 g/mol. The molecule has 3 atom stereocenters. The first kappa shape index (κ1) is 28.9. The second kappa shape index (κ2) is 11.7. The summed E-state index contributed by atoms with van der Waals surface area (Å²) in [5.41, 5.74) is 0.0759. The number of ether oxygens (including phenoxy) is 2. The number of tetrazole rings is 1. The summed E-state index contributed by atoms with van der Waals surface area (Å²) in [4.78, 5) is 55.5. The van der Waals surface area contributed by atoms with Crippen molar-refractivity contribution in [2.24, 2.45) is 0 Å². The van der Waals surface area contributed by atoms with Crippen LogP contribution in [0.2, 0.25) is 5.02 Å². The van der Waals surface area contributed by atoms with E-state index in [0.29, 0.717) is 12.0 Å². The summed E-state index contributed by atoms with van der Waals surface area (Å²) in [7, 11) is 0. The standard InChI is InChI=1S/C27H23ClF2N6O6/c1-13(26(39)17-7-8-31-19(24(17)29)11-41-14(2)37)42-27(40)21-5-3-16-9-15(10-22(38)36(16)21)23-20(35-12-32-33-34-35)6-4-18(28)25(23)30/h4,6-8,10,12-13,16,21H,3,5,9,11H2,1-2H3/t13?,16-,21?/m1/s1. The van der Waals surface area contributed by atoms with Gasteiger partial charge in [0.15, 0.2) is 17.7 Å². The molecule has 42 heavy (non-hydrogen) atoms. The number of ketones is 1. The van der Waals surface area contributed by atoms with Crippen molar-refractivity contribution in [2.75, 3.05) is 0 Å². The Balaban J connectivity index is 1.33. The molecule has 0 N–H and O–H groups in total. The number of aromatic nitrogens is 5. The predicted molar refractivity (Wildman–Crippen MR) is 140 cm³/mol. The molecule has 0 radical (unpaired) electrons. The van der Waals surface area contributed by atoms with Crippen LogP contribution in [-0.2, 0) is 30.5 Å². The van der Waals surface area contributed by atoms with E-state index in [-0.39, 0.29) is 40.4 Å². The van der Waals surface area contributed by atoms with Crippen LogP contribution in [0.15, 0.2) is 36.8 Å². The first-order valence-electron chi connectivity index (χ1n) is 12.8. The predicted octanol–water partition coefficient (Wildman–Crippen LogP) is 3.01. The number of esters is 2. The fourth-order valence-electron chi connectivity index (χ4n) is 5.14. The first-order chi connectivity index (χ1) is 20.1. The number of carbonyl (C=O) groups excluding carboxylic acids is 4. The maximum absolute atomic E-state index is 15.3. The van der Waals surface area contributed by atoms with E-state index in [4.69, 9.17) is 21.1 Å². The molecule has 5 rings (SSSR count). The zero-order valence-electron chi connectivity index (χ0n) is 22.3. The van der Waals surface area contributed by atoms with Crippen LogP contribution in [0.25, 0.3) is 11.3 Å². The van der Waals surface area contributed by atoms with Crippen molar-refractivity contribution in [1.29, 1.82) is 0 Å². The summed E-state index contributed by atoms with van der Waals surface area (Å²) < 4.78 is 41.5. The molecule has 1 amide bonds. The molecule has 4 heterocycles. The van der Waals surface area contributed by atoms with Gasteiger partial charge in [0.25, 0.3) is 0 Å². The summed E-state index contributed by atoms with van der Waals surface area (Å²) in [5, 5.41) is 10.8. The summed E-state index contributed by atoms with van der Waals surface area (Å²) in [6, 6.07) is 2.57. The fraction of sp³-hybridized carbons (Fsp3) is 0.333. The number of nitrogens with zero attached hydrogens (tertiary/aromatic N) is 6. The van der Waals surface area contributed by atoms with Crippen LogP contribution in [0.5, 0.6) is 0 Å². The van der Waals surface area contributed by atoms with E-state index in [1.165, 1.54) is 47.2 Å². The average Bonchev–Trinajstić information content (AvgIpc) is 3.64. The fourth-order valence-corrected chi connectivity index (χ4v) is 5.30. The van der Waals surface area contributed by atoms with E-state index in [1.54, 1.807) is 0 Å². The number of carbonyl (C=O) groups is 4. The molecule has 0 bridgehead atoms. The highest BCUT2D eigenvalue weighted by Crippen LogP contribution is 2.40. The van der Waals surface area contributed by atoms with Crippen LogP contribution in [-0.4, -0.2) is 71.9 Å². The van der Waals surface area contributed by atoms with Crippen molar-refractivity contribution in [1.82, 2.24) is 30.1 Å². The Morgan fingerprint density at radius 2 is 1.95 bits per heavy atom. The van der Waals surface area contributed by atoms with Crippen LogP contribution >= 0.6 is 11.6 Å². The van der Waals surface area contributed by atoms with Crippen molar-refractivity contribution in [2.45, 2.75) is 57.9 Å². The SMILES string of the molecule is CC(=O)OCc1nccc(C(=O)C(C)OC(=O)C2CC[C@@H]3CC(c4c(-n5cnnn5)ccc(Cl)c4F)=CC(=O)N23)c1F. The van der Waals surface area contributed by atoms with E-state index < -0.39 is 60.1 Å². The molecular formula is C27H23ClF2N6O6. The zero-order chi connectivity index (χ0) is 30.1. The number of rotatable bonds is 8. The van der Waals surface area contributed by atoms with Gasteiger partial charge in [0, 0.05) is 30.8 Å². The normalized spacial score (nSPS) is 18.7. The average molecular weight is 601 g/mol. The van der Waals surface area contributed by atoms with Gasteiger partial charge in [-0.15, -0.1) is 5.10 Å². The van der Waals surface area contributed by atoms with Crippen LogP contribution in [0, 0.1) is 11.6 Å². The summed E-state index contributed by atoms with van der Waals surface area (Å²) >= 11 is 6.05. The molecule has 0 aliphatic carbocycles. The van der Waals surface area contributed by atoms with Gasteiger partial charge in [-0.25, -0.2) is 13.6 Å². The highest BCUT2D eigenvalue weighted by molar-refractivity contribution is 6.31. The number of amides is 1. The summed E-state index contributed by atoms with van der Waals surface area (Å²) in [6.07, 6.45) is 3.17. The van der Waals surface area contributed by atoms with E-state index in [2.05, 4.69) is 20.5 Å². The lowest BCUT2D eigenvalue weighted by Gasteiger charge is -2.33. The largest absolute Gasteiger partial charge is 0.459 e. The molecule has 1 saturated heterocycles. The summed E-state index contributed by atoms with van der Waals surface area (Å²) in [5.74, 6) is -4.59. The Hall–Kier alpha value is -4.59. The molecule has 2 aliphatic heterocycles. The van der Waals surface area contributed by atoms with Gasteiger partial charge in [0.2, 0.25) is 11.7 Å². The topological polar surface area (TPSA) is 146 Å². The Kier molecular flexibility index (Phi) is 8.07. The Morgan fingerprint density at radius 1 is 1.17 bits per heavy atom. The molecular weight excluding hydrogens is 578 g/mol. The highest BCUT2D eigenvalue weighted by Gasteiger charge is 2.45. The number of hydrogen-bond acceptors (Lipinski definition) is 10. The van der Waals surface area contributed by atoms with Gasteiger partial charge in [-0.2, -0.15) is 4.68 Å². The second-order valence-corrected chi connectivity index (χ2v) is 10.1. The first-order valence-corrected chi connectivity index (χ1v) is 13.2. The maximum atomic E-state index is 15.3. The second-order valence-electron chi connectivity index (χ2n) is 9.72. The van der Waals surface area contributed by atoms with Crippen molar-refractivity contribution in [3.8, 4) is 5.69 Å². The van der Waals surface area contributed by atoms with E-state index in [1.807, 2.05) is 0 Å². The van der Waals surface area contributed by atoms with E-state index in [0.717, 1.165) is 13.0 Å². The van der Waals surface area contributed by atoms with Crippen molar-refractivity contribution >= 4 is 40.8 Å². The van der Waals surface area contributed by atoms with Crippen molar-refractivity contribution in [3.05, 3.63) is 70.3 Å². The highest BCUT2D eigenvalue weighted by atomic mass is 35.5. The Bertz CT molecular complexity index is 1610. The van der Waals surface area contributed by atoms with Gasteiger partial charge >= 0.3 is 11.9 Å². The molecule has 0 saturated carbocycles. The number of halogens is 3. The van der Waals surface area contributed by atoms with E-state index >= 15 is 4.39 Å². The van der Waals surface area contributed by atoms with Crippen LogP contribution in [0.3, 0.4) is 0 Å². The third-order valence-electron chi connectivity index (χ3n) is 7.07. The van der Waals surface area contributed by atoms with Crippen LogP contribution < -0.4 is 0 Å². The van der Waals surface area contributed by atoms with Crippen molar-refractivity contribution in [3.63, 3.8) is 0 Å². The number of hydrogen-bond donors (Lipinski definition) is 0. The van der Waals surface area contributed by atoms with E-state index in [9.17, 15) is 23.6 Å². The van der Waals surface area contributed by atoms with Crippen molar-refractivity contribution < 1.29 is 37.4 Å².